The quantitative estimate of drug-likeness (QED) is 0.255. The second-order valence-electron chi connectivity index (χ2n) is 8.46. The molecule has 3 heteroatoms. The second-order valence-corrected chi connectivity index (χ2v) is 8.46. The fourth-order valence-electron chi connectivity index (χ4n) is 4.10. The molecule has 0 saturated heterocycles. The lowest BCUT2D eigenvalue weighted by Gasteiger charge is -2.11. The van der Waals surface area contributed by atoms with E-state index in [1.807, 2.05) is 12.1 Å². The standard InChI is InChI=1S/C27H38N2O/c1-3-4-5-6-7-8-9-10-11-14-20-29-26-19-13-12-18-25(26)28-27(29)22-30-24-17-15-16-23(2)21-24/h12-13,15-19,21H,3-11,14,20,22H2,1-2H3. The van der Waals surface area contributed by atoms with E-state index in [1.165, 1.54) is 75.3 Å². The van der Waals surface area contributed by atoms with Gasteiger partial charge in [0.05, 0.1) is 11.0 Å². The van der Waals surface area contributed by atoms with Crippen molar-refractivity contribution in [1.82, 2.24) is 9.55 Å². The summed E-state index contributed by atoms with van der Waals surface area (Å²) in [6, 6.07) is 16.7. The van der Waals surface area contributed by atoms with E-state index >= 15 is 0 Å². The highest BCUT2D eigenvalue weighted by Crippen LogP contribution is 2.20. The van der Waals surface area contributed by atoms with Crippen molar-refractivity contribution in [2.24, 2.45) is 0 Å². The van der Waals surface area contributed by atoms with Gasteiger partial charge in [-0.1, -0.05) is 89.0 Å². The molecule has 0 spiro atoms. The van der Waals surface area contributed by atoms with Crippen molar-refractivity contribution in [1.29, 1.82) is 0 Å². The fraction of sp³-hybridized carbons (Fsp3) is 0.519. The van der Waals surface area contributed by atoms with Crippen LogP contribution in [0.15, 0.2) is 48.5 Å². The molecule has 1 aromatic heterocycles. The lowest BCUT2D eigenvalue weighted by atomic mass is 10.1. The number of rotatable bonds is 14. The van der Waals surface area contributed by atoms with Gasteiger partial charge in [0.2, 0.25) is 0 Å². The molecule has 0 aliphatic heterocycles. The number of imidazole rings is 1. The first-order valence-corrected chi connectivity index (χ1v) is 11.9. The van der Waals surface area contributed by atoms with Gasteiger partial charge in [-0.25, -0.2) is 4.98 Å². The summed E-state index contributed by atoms with van der Waals surface area (Å²) in [5, 5.41) is 0. The van der Waals surface area contributed by atoms with Crippen LogP contribution in [0.5, 0.6) is 5.75 Å². The van der Waals surface area contributed by atoms with E-state index < -0.39 is 0 Å². The van der Waals surface area contributed by atoms with Crippen molar-refractivity contribution >= 4 is 11.0 Å². The molecule has 0 aliphatic rings. The van der Waals surface area contributed by atoms with Crippen LogP contribution in [0.2, 0.25) is 0 Å². The Bertz CT molecular complexity index is 883. The second kappa shape index (κ2) is 12.4. The lowest BCUT2D eigenvalue weighted by Crippen LogP contribution is -2.07. The minimum Gasteiger partial charge on any atom is -0.486 e. The first kappa shape index (κ1) is 22.4. The monoisotopic (exact) mass is 406 g/mol. The number of hydrogen-bond donors (Lipinski definition) is 0. The Hall–Kier alpha value is -2.29. The van der Waals surface area contributed by atoms with Gasteiger partial charge >= 0.3 is 0 Å². The zero-order valence-electron chi connectivity index (χ0n) is 18.9. The van der Waals surface area contributed by atoms with Gasteiger partial charge in [-0.3, -0.25) is 0 Å². The van der Waals surface area contributed by atoms with E-state index in [9.17, 15) is 0 Å². The Morgan fingerprint density at radius 1 is 0.800 bits per heavy atom. The van der Waals surface area contributed by atoms with Crippen LogP contribution >= 0.6 is 0 Å². The summed E-state index contributed by atoms with van der Waals surface area (Å²) in [6.07, 6.45) is 13.6. The molecule has 162 valence electrons. The number of aryl methyl sites for hydroxylation is 2. The number of benzene rings is 2. The molecule has 1 heterocycles. The summed E-state index contributed by atoms with van der Waals surface area (Å²) in [7, 11) is 0. The van der Waals surface area contributed by atoms with Crippen molar-refractivity contribution in [3.05, 3.63) is 59.9 Å². The highest BCUT2D eigenvalue weighted by Gasteiger charge is 2.11. The number of nitrogens with zero attached hydrogens (tertiary/aromatic N) is 2. The molecule has 3 rings (SSSR count). The molecule has 3 nitrogen and oxygen atoms in total. The first-order chi connectivity index (χ1) is 14.8. The van der Waals surface area contributed by atoms with Crippen molar-refractivity contribution in [2.45, 2.75) is 91.2 Å². The molecule has 0 fully saturated rings. The highest BCUT2D eigenvalue weighted by molar-refractivity contribution is 5.75. The molecular weight excluding hydrogens is 368 g/mol. The number of unbranched alkanes of at least 4 members (excludes halogenated alkanes) is 9. The van der Waals surface area contributed by atoms with E-state index in [0.29, 0.717) is 6.61 Å². The lowest BCUT2D eigenvalue weighted by molar-refractivity contribution is 0.289. The first-order valence-electron chi connectivity index (χ1n) is 11.9. The normalized spacial score (nSPS) is 11.3. The molecule has 0 N–H and O–H groups in total. The van der Waals surface area contributed by atoms with Gasteiger partial charge in [-0.05, 0) is 43.2 Å². The van der Waals surface area contributed by atoms with Crippen LogP contribution in [-0.2, 0) is 13.2 Å². The Kier molecular flexibility index (Phi) is 9.27. The predicted molar refractivity (Wildman–Crippen MR) is 127 cm³/mol. The zero-order chi connectivity index (χ0) is 21.0. The third-order valence-corrected chi connectivity index (χ3v) is 5.83. The topological polar surface area (TPSA) is 27.1 Å². The average Bonchev–Trinajstić information content (AvgIpc) is 3.11. The summed E-state index contributed by atoms with van der Waals surface area (Å²) in [6.45, 7) is 5.90. The number of para-hydroxylation sites is 2. The van der Waals surface area contributed by atoms with Gasteiger partial charge in [0.15, 0.2) is 0 Å². The third kappa shape index (κ3) is 6.90. The van der Waals surface area contributed by atoms with Gasteiger partial charge < -0.3 is 9.30 Å². The zero-order valence-corrected chi connectivity index (χ0v) is 18.9. The van der Waals surface area contributed by atoms with Crippen LogP contribution < -0.4 is 4.74 Å². The SMILES string of the molecule is CCCCCCCCCCCCn1c(COc2cccc(C)c2)nc2ccccc21. The Morgan fingerprint density at radius 2 is 1.50 bits per heavy atom. The van der Waals surface area contributed by atoms with Crippen LogP contribution in [0.25, 0.3) is 11.0 Å². The maximum absolute atomic E-state index is 6.06. The molecule has 30 heavy (non-hydrogen) atoms. The minimum absolute atomic E-state index is 0.510. The fourth-order valence-corrected chi connectivity index (χ4v) is 4.10. The minimum atomic E-state index is 0.510. The van der Waals surface area contributed by atoms with Gasteiger partial charge in [-0.15, -0.1) is 0 Å². The van der Waals surface area contributed by atoms with Gasteiger partial charge in [0, 0.05) is 6.54 Å². The molecule has 0 aliphatic carbocycles. The molecule has 0 radical (unpaired) electrons. The molecule has 0 atom stereocenters. The molecule has 3 aromatic rings. The number of hydrogen-bond acceptors (Lipinski definition) is 2. The van der Waals surface area contributed by atoms with Crippen molar-refractivity contribution in [2.75, 3.05) is 0 Å². The highest BCUT2D eigenvalue weighted by atomic mass is 16.5. The van der Waals surface area contributed by atoms with E-state index in [0.717, 1.165) is 23.6 Å². The Balaban J connectivity index is 1.48. The molecule has 0 saturated carbocycles. The van der Waals surface area contributed by atoms with E-state index in [-0.39, 0.29) is 0 Å². The Labute approximate surface area is 182 Å². The van der Waals surface area contributed by atoms with E-state index in [1.54, 1.807) is 0 Å². The molecule has 0 amide bonds. The summed E-state index contributed by atoms with van der Waals surface area (Å²) >= 11 is 0. The van der Waals surface area contributed by atoms with Gasteiger partial charge in [-0.2, -0.15) is 0 Å². The summed E-state index contributed by atoms with van der Waals surface area (Å²) in [5.41, 5.74) is 3.50. The average molecular weight is 407 g/mol. The van der Waals surface area contributed by atoms with Crippen molar-refractivity contribution in [3.63, 3.8) is 0 Å². The number of aromatic nitrogens is 2. The maximum atomic E-state index is 6.06. The summed E-state index contributed by atoms with van der Waals surface area (Å²) in [4.78, 5) is 4.85. The number of fused-ring (bicyclic) bond motifs is 1. The predicted octanol–water partition coefficient (Wildman–Crippen LogP) is 7.84. The van der Waals surface area contributed by atoms with Gasteiger partial charge in [0.1, 0.15) is 18.2 Å². The number of ether oxygens (including phenoxy) is 1. The molecule has 0 unspecified atom stereocenters. The summed E-state index contributed by atoms with van der Waals surface area (Å²) < 4.78 is 8.42. The van der Waals surface area contributed by atoms with Crippen LogP contribution in [0.3, 0.4) is 0 Å². The third-order valence-electron chi connectivity index (χ3n) is 5.83. The Morgan fingerprint density at radius 3 is 2.23 bits per heavy atom. The molecule has 0 bridgehead atoms. The van der Waals surface area contributed by atoms with E-state index in [2.05, 4.69) is 54.8 Å². The van der Waals surface area contributed by atoms with Crippen LogP contribution in [0.1, 0.15) is 82.5 Å². The molecular formula is C27H38N2O. The van der Waals surface area contributed by atoms with Crippen LogP contribution in [0.4, 0.5) is 0 Å². The molecule has 2 aromatic carbocycles. The van der Waals surface area contributed by atoms with Crippen molar-refractivity contribution < 1.29 is 4.74 Å². The van der Waals surface area contributed by atoms with Crippen LogP contribution in [0, 0.1) is 6.92 Å². The maximum Gasteiger partial charge on any atom is 0.147 e. The van der Waals surface area contributed by atoms with Gasteiger partial charge in [0.25, 0.3) is 0 Å². The summed E-state index contributed by atoms with van der Waals surface area (Å²) in [5.74, 6) is 1.93. The van der Waals surface area contributed by atoms with Crippen LogP contribution in [-0.4, -0.2) is 9.55 Å². The largest absolute Gasteiger partial charge is 0.486 e. The smallest absolute Gasteiger partial charge is 0.147 e. The van der Waals surface area contributed by atoms with E-state index in [4.69, 9.17) is 9.72 Å². The van der Waals surface area contributed by atoms with Crippen molar-refractivity contribution in [3.8, 4) is 5.75 Å².